The Hall–Kier alpha value is -2.95. The van der Waals surface area contributed by atoms with Crippen LogP contribution in [0.4, 0.5) is 0 Å². The number of nitrogens with zero attached hydrogens (tertiary/aromatic N) is 4. The zero-order valence-electron chi connectivity index (χ0n) is 13.8. The van der Waals surface area contributed by atoms with Crippen LogP contribution >= 0.6 is 0 Å². The molecule has 4 rings (SSSR count). The molecule has 0 saturated heterocycles. The zero-order valence-corrected chi connectivity index (χ0v) is 13.8. The highest BCUT2D eigenvalue weighted by molar-refractivity contribution is 5.95. The van der Waals surface area contributed by atoms with Crippen molar-refractivity contribution in [2.24, 2.45) is 0 Å². The summed E-state index contributed by atoms with van der Waals surface area (Å²) < 4.78 is 2.25. The number of rotatable bonds is 4. The zero-order chi connectivity index (χ0) is 16.5. The fourth-order valence-corrected chi connectivity index (χ4v) is 3.48. The third-order valence-electron chi connectivity index (χ3n) is 4.49. The summed E-state index contributed by atoms with van der Waals surface area (Å²) in [6.45, 7) is 4.38. The summed E-state index contributed by atoms with van der Waals surface area (Å²) in [4.78, 5) is 0. The van der Waals surface area contributed by atoms with E-state index in [-0.39, 0.29) is 0 Å². The number of nitrogens with one attached hydrogen (secondary N) is 1. The third kappa shape index (κ3) is 2.12. The van der Waals surface area contributed by atoms with Crippen molar-refractivity contribution in [3.8, 4) is 17.2 Å². The first-order valence-corrected chi connectivity index (χ1v) is 8.29. The van der Waals surface area contributed by atoms with Gasteiger partial charge in [0.25, 0.3) is 0 Å². The van der Waals surface area contributed by atoms with Gasteiger partial charge in [-0.15, -0.1) is 10.2 Å². The average Bonchev–Trinajstić information content (AvgIpc) is 3.27. The summed E-state index contributed by atoms with van der Waals surface area (Å²) in [7, 11) is 0. The lowest BCUT2D eigenvalue weighted by Crippen LogP contribution is -1.99. The van der Waals surface area contributed by atoms with Crippen LogP contribution in [0, 0.1) is 0 Å². The van der Waals surface area contributed by atoms with E-state index in [4.69, 9.17) is 0 Å². The normalized spacial score (nSPS) is 11.2. The summed E-state index contributed by atoms with van der Waals surface area (Å²) >= 11 is 0. The van der Waals surface area contributed by atoms with Crippen LogP contribution in [-0.4, -0.2) is 25.2 Å². The molecule has 5 heteroatoms. The molecule has 5 nitrogen and oxygen atoms in total. The van der Waals surface area contributed by atoms with Crippen molar-refractivity contribution < 1.29 is 0 Å². The lowest BCUT2D eigenvalue weighted by Gasteiger charge is -2.09. The number of fused-ring (bicyclic) bond motifs is 1. The molecule has 0 aliphatic carbocycles. The molecule has 0 aliphatic rings. The Balaban J connectivity index is 2.18. The molecular weight excluding hydrogens is 298 g/mol. The molecule has 0 atom stereocenters. The highest BCUT2D eigenvalue weighted by Gasteiger charge is 2.22. The smallest absolute Gasteiger partial charge is 0.221 e. The van der Waals surface area contributed by atoms with E-state index in [0.29, 0.717) is 5.82 Å². The number of hydrogen-bond acceptors (Lipinski definition) is 3. The molecule has 0 aliphatic heterocycles. The molecule has 24 heavy (non-hydrogen) atoms. The number of aryl methyl sites for hydroxylation is 2. The maximum Gasteiger partial charge on any atom is 0.221 e. The van der Waals surface area contributed by atoms with Crippen LogP contribution in [-0.2, 0) is 12.8 Å². The van der Waals surface area contributed by atoms with Crippen LogP contribution in [0.3, 0.4) is 0 Å². The van der Waals surface area contributed by atoms with E-state index in [1.54, 1.807) is 0 Å². The lowest BCUT2D eigenvalue weighted by molar-refractivity contribution is 0.881. The summed E-state index contributed by atoms with van der Waals surface area (Å²) in [6, 6.07) is 16.9. The lowest BCUT2D eigenvalue weighted by atomic mass is 10.0. The largest absolute Gasteiger partial charge is 0.306 e. The quantitative estimate of drug-likeness (QED) is 0.620. The topological polar surface area (TPSA) is 59.4 Å². The van der Waals surface area contributed by atoms with Crippen molar-refractivity contribution in [3.05, 3.63) is 59.7 Å². The Morgan fingerprint density at radius 3 is 2.46 bits per heavy atom. The van der Waals surface area contributed by atoms with Gasteiger partial charge in [-0.1, -0.05) is 44.2 Å². The Morgan fingerprint density at radius 2 is 1.79 bits per heavy atom. The molecule has 2 heterocycles. The van der Waals surface area contributed by atoms with Gasteiger partial charge in [-0.2, -0.15) is 5.21 Å². The standard InChI is InChI=1S/C19H19N5/c1-3-13-9-8-12-16-17(13)15(4-2)18(19-20-22-23-21-19)24(16)14-10-6-5-7-11-14/h5-12H,3-4H2,1-2H3,(H,20,21,22,23). The molecule has 2 aromatic carbocycles. The van der Waals surface area contributed by atoms with Gasteiger partial charge in [0.1, 0.15) is 0 Å². The molecule has 2 aromatic heterocycles. The monoisotopic (exact) mass is 317 g/mol. The molecule has 0 radical (unpaired) electrons. The van der Waals surface area contributed by atoms with E-state index in [0.717, 1.165) is 24.2 Å². The fourth-order valence-electron chi connectivity index (χ4n) is 3.48. The Kier molecular flexibility index (Phi) is 3.61. The van der Waals surface area contributed by atoms with Gasteiger partial charge in [0.15, 0.2) is 0 Å². The molecule has 0 unspecified atom stereocenters. The minimum absolute atomic E-state index is 0.633. The minimum atomic E-state index is 0.633. The third-order valence-corrected chi connectivity index (χ3v) is 4.49. The molecule has 4 aromatic rings. The predicted molar refractivity (Wildman–Crippen MR) is 95.2 cm³/mol. The maximum absolute atomic E-state index is 4.26. The number of aromatic nitrogens is 5. The molecule has 0 saturated carbocycles. The fraction of sp³-hybridized carbons (Fsp3) is 0.211. The van der Waals surface area contributed by atoms with E-state index >= 15 is 0 Å². The van der Waals surface area contributed by atoms with E-state index < -0.39 is 0 Å². The molecule has 0 amide bonds. The van der Waals surface area contributed by atoms with Crippen molar-refractivity contribution >= 4 is 10.9 Å². The first kappa shape index (κ1) is 14.6. The molecule has 120 valence electrons. The predicted octanol–water partition coefficient (Wildman–Crippen LogP) is 3.94. The summed E-state index contributed by atoms with van der Waals surface area (Å²) in [5, 5.41) is 16.2. The second-order valence-electron chi connectivity index (χ2n) is 5.75. The van der Waals surface area contributed by atoms with Crippen LogP contribution in [0.1, 0.15) is 25.0 Å². The maximum atomic E-state index is 4.26. The van der Waals surface area contributed by atoms with E-state index in [2.05, 4.69) is 81.5 Å². The van der Waals surface area contributed by atoms with Crippen LogP contribution in [0.2, 0.25) is 0 Å². The minimum Gasteiger partial charge on any atom is -0.306 e. The number of tetrazole rings is 1. The summed E-state index contributed by atoms with van der Waals surface area (Å²) in [5.74, 6) is 0.633. The Morgan fingerprint density at radius 1 is 0.958 bits per heavy atom. The average molecular weight is 317 g/mol. The van der Waals surface area contributed by atoms with Gasteiger partial charge >= 0.3 is 0 Å². The van der Waals surface area contributed by atoms with E-state index in [9.17, 15) is 0 Å². The Labute approximate surface area is 140 Å². The van der Waals surface area contributed by atoms with Crippen LogP contribution in [0.15, 0.2) is 48.5 Å². The van der Waals surface area contributed by atoms with Gasteiger partial charge in [-0.25, -0.2) is 0 Å². The van der Waals surface area contributed by atoms with Gasteiger partial charge in [-0.3, -0.25) is 0 Å². The van der Waals surface area contributed by atoms with E-state index in [1.807, 2.05) is 6.07 Å². The van der Waals surface area contributed by atoms with Crippen molar-refractivity contribution in [1.29, 1.82) is 0 Å². The van der Waals surface area contributed by atoms with Crippen molar-refractivity contribution in [2.45, 2.75) is 26.7 Å². The van der Waals surface area contributed by atoms with Gasteiger partial charge in [0.05, 0.1) is 11.2 Å². The number of H-pyrrole nitrogens is 1. The number of benzene rings is 2. The molecule has 0 spiro atoms. The Bertz CT molecular complexity index is 968. The van der Waals surface area contributed by atoms with Gasteiger partial charge < -0.3 is 4.57 Å². The first-order chi connectivity index (χ1) is 11.8. The summed E-state index contributed by atoms with van der Waals surface area (Å²) in [6.07, 6.45) is 1.91. The van der Waals surface area contributed by atoms with E-state index in [1.165, 1.54) is 22.0 Å². The van der Waals surface area contributed by atoms with Gasteiger partial charge in [-0.05, 0) is 47.4 Å². The number of para-hydroxylation sites is 1. The number of hydrogen-bond donors (Lipinski definition) is 1. The van der Waals surface area contributed by atoms with Crippen molar-refractivity contribution in [3.63, 3.8) is 0 Å². The van der Waals surface area contributed by atoms with Crippen LogP contribution in [0.25, 0.3) is 28.1 Å². The molecule has 0 fully saturated rings. The first-order valence-electron chi connectivity index (χ1n) is 8.29. The van der Waals surface area contributed by atoms with Gasteiger partial charge in [0, 0.05) is 11.1 Å². The molecule has 0 bridgehead atoms. The van der Waals surface area contributed by atoms with Crippen molar-refractivity contribution in [1.82, 2.24) is 25.2 Å². The van der Waals surface area contributed by atoms with Crippen LogP contribution < -0.4 is 0 Å². The summed E-state index contributed by atoms with van der Waals surface area (Å²) in [5.41, 5.74) is 5.94. The highest BCUT2D eigenvalue weighted by Crippen LogP contribution is 2.37. The number of aromatic amines is 1. The molecule has 1 N–H and O–H groups in total. The van der Waals surface area contributed by atoms with Crippen LogP contribution in [0.5, 0.6) is 0 Å². The molecular formula is C19H19N5. The highest BCUT2D eigenvalue weighted by atomic mass is 15.5. The van der Waals surface area contributed by atoms with Gasteiger partial charge in [0.2, 0.25) is 5.82 Å². The SMILES string of the molecule is CCc1cccc2c1c(CC)c(-c1nn[nH]n1)n2-c1ccccc1. The second kappa shape index (κ2) is 5.92. The second-order valence-corrected chi connectivity index (χ2v) is 5.75. The van der Waals surface area contributed by atoms with Crippen molar-refractivity contribution in [2.75, 3.05) is 0 Å².